The maximum atomic E-state index is 13.7. The molecule has 1 aliphatic rings. The fourth-order valence-corrected chi connectivity index (χ4v) is 6.54. The summed E-state index contributed by atoms with van der Waals surface area (Å²) in [7, 11) is 0.705. The molecule has 35 heavy (non-hydrogen) atoms. The van der Waals surface area contributed by atoms with Crippen molar-refractivity contribution in [3.8, 4) is 11.4 Å². The molecule has 5 nitrogen and oxygen atoms in total. The molecular formula is C26H31ClFN3O2S2. The van der Waals surface area contributed by atoms with Gasteiger partial charge in [-0.25, -0.2) is 17.9 Å². The highest BCUT2D eigenvalue weighted by Gasteiger charge is 2.31. The van der Waals surface area contributed by atoms with Gasteiger partial charge in [-0.2, -0.15) is 0 Å². The maximum absolute atomic E-state index is 13.7. The molecular weight excluding hydrogens is 505 g/mol. The summed E-state index contributed by atoms with van der Waals surface area (Å²) in [5.41, 5.74) is 2.48. The molecule has 0 amide bonds. The van der Waals surface area contributed by atoms with Crippen molar-refractivity contribution in [1.29, 1.82) is 0 Å². The zero-order chi connectivity index (χ0) is 25.2. The van der Waals surface area contributed by atoms with Crippen molar-refractivity contribution >= 4 is 34.3 Å². The van der Waals surface area contributed by atoms with Gasteiger partial charge in [0.2, 0.25) is 0 Å². The first-order chi connectivity index (χ1) is 16.7. The standard InChI is InChI=1S/C26H31ClFN3O2S2/c1-26(2,19-5-10-22(27)23(15-19)33-3)24-16-29-25(31(24)21-8-6-20(28)7-9-21)34-17-18-11-13-30(14-12-18)35(4)32/h5-10,15-16,18H,11-14,17H2,1-4H3. The van der Waals surface area contributed by atoms with Crippen LogP contribution in [0.2, 0.25) is 5.02 Å². The van der Waals surface area contributed by atoms with E-state index in [0.29, 0.717) is 16.7 Å². The van der Waals surface area contributed by atoms with Gasteiger partial charge in [-0.15, -0.1) is 0 Å². The monoisotopic (exact) mass is 535 g/mol. The van der Waals surface area contributed by atoms with Crippen LogP contribution in [0, 0.1) is 11.7 Å². The van der Waals surface area contributed by atoms with Gasteiger partial charge in [-0.1, -0.05) is 43.3 Å². The number of imidazole rings is 1. The fourth-order valence-electron chi connectivity index (χ4n) is 4.44. The molecule has 3 aromatic rings. The van der Waals surface area contributed by atoms with E-state index in [2.05, 4.69) is 18.4 Å². The molecule has 1 fully saturated rings. The molecule has 0 saturated carbocycles. The maximum Gasteiger partial charge on any atom is 0.172 e. The molecule has 0 spiro atoms. The summed E-state index contributed by atoms with van der Waals surface area (Å²) in [6.45, 7) is 6.00. The Balaban J connectivity index is 1.65. The highest BCUT2D eigenvalue weighted by Crippen LogP contribution is 2.39. The second-order valence-electron chi connectivity index (χ2n) is 9.32. The third kappa shape index (κ3) is 5.77. The molecule has 0 radical (unpaired) electrons. The Morgan fingerprint density at radius 2 is 1.89 bits per heavy atom. The van der Waals surface area contributed by atoms with E-state index >= 15 is 0 Å². The molecule has 188 valence electrons. The summed E-state index contributed by atoms with van der Waals surface area (Å²) in [5, 5.41) is 1.44. The van der Waals surface area contributed by atoms with E-state index in [1.807, 2.05) is 28.7 Å². The summed E-state index contributed by atoms with van der Waals surface area (Å²) in [6.07, 6.45) is 5.70. The van der Waals surface area contributed by atoms with Gasteiger partial charge >= 0.3 is 0 Å². The van der Waals surface area contributed by atoms with Gasteiger partial charge < -0.3 is 4.74 Å². The fraction of sp³-hybridized carbons (Fsp3) is 0.423. The lowest BCUT2D eigenvalue weighted by Gasteiger charge is -2.30. The lowest BCUT2D eigenvalue weighted by molar-refractivity contribution is 0.303. The quantitative estimate of drug-likeness (QED) is 0.327. The molecule has 0 aliphatic carbocycles. The minimum atomic E-state index is -0.904. The van der Waals surface area contributed by atoms with Crippen LogP contribution < -0.4 is 4.74 Å². The first-order valence-electron chi connectivity index (χ1n) is 11.6. The molecule has 1 aliphatic heterocycles. The van der Waals surface area contributed by atoms with E-state index in [0.717, 1.165) is 53.8 Å². The van der Waals surface area contributed by atoms with Gasteiger partial charge in [0.25, 0.3) is 0 Å². The number of hydrogen-bond acceptors (Lipinski definition) is 4. The number of benzene rings is 2. The third-order valence-corrected chi connectivity index (χ3v) is 9.30. The molecule has 4 rings (SSSR count). The molecule has 2 heterocycles. The zero-order valence-corrected chi connectivity index (χ0v) is 22.9. The Kier molecular flexibility index (Phi) is 8.26. The number of halogens is 2. The van der Waals surface area contributed by atoms with Gasteiger partial charge in [0.1, 0.15) is 11.6 Å². The Bertz CT molecular complexity index is 1190. The predicted molar refractivity (Wildman–Crippen MR) is 143 cm³/mol. The molecule has 1 saturated heterocycles. The van der Waals surface area contributed by atoms with Crippen LogP contribution in [0.15, 0.2) is 53.8 Å². The van der Waals surface area contributed by atoms with E-state index in [-0.39, 0.29) is 5.82 Å². The van der Waals surface area contributed by atoms with E-state index in [9.17, 15) is 8.60 Å². The number of aromatic nitrogens is 2. The Hall–Kier alpha value is -1.87. The average molecular weight is 536 g/mol. The molecule has 1 atom stereocenters. The molecule has 1 aromatic heterocycles. The number of rotatable bonds is 8. The van der Waals surface area contributed by atoms with E-state index < -0.39 is 16.4 Å². The second-order valence-corrected chi connectivity index (χ2v) is 12.1. The van der Waals surface area contributed by atoms with Crippen molar-refractivity contribution in [1.82, 2.24) is 13.9 Å². The highest BCUT2D eigenvalue weighted by atomic mass is 35.5. The topological polar surface area (TPSA) is 47.4 Å². The molecule has 0 N–H and O–H groups in total. The number of thioether (sulfide) groups is 1. The summed E-state index contributed by atoms with van der Waals surface area (Å²) >= 11 is 8.00. The number of piperidine rings is 1. The number of methoxy groups -OCH3 is 1. The van der Waals surface area contributed by atoms with Crippen LogP contribution in [0.25, 0.3) is 5.69 Å². The Labute approximate surface area is 218 Å². The van der Waals surface area contributed by atoms with Crippen LogP contribution in [-0.4, -0.2) is 50.3 Å². The first kappa shape index (κ1) is 26.2. The van der Waals surface area contributed by atoms with Crippen LogP contribution in [0.1, 0.15) is 37.9 Å². The largest absolute Gasteiger partial charge is 0.495 e. The second kappa shape index (κ2) is 11.0. The lowest BCUT2D eigenvalue weighted by Crippen LogP contribution is -2.35. The van der Waals surface area contributed by atoms with Crippen LogP contribution >= 0.6 is 23.4 Å². The molecule has 2 aromatic carbocycles. The van der Waals surface area contributed by atoms with E-state index in [1.165, 1.54) is 12.1 Å². The van der Waals surface area contributed by atoms with Gasteiger partial charge in [0.05, 0.1) is 35.0 Å². The first-order valence-corrected chi connectivity index (χ1v) is 14.5. The zero-order valence-electron chi connectivity index (χ0n) is 20.5. The predicted octanol–water partition coefficient (Wildman–Crippen LogP) is 6.10. The lowest BCUT2D eigenvalue weighted by atomic mass is 9.81. The smallest absolute Gasteiger partial charge is 0.172 e. The van der Waals surface area contributed by atoms with Crippen molar-refractivity contribution in [2.45, 2.75) is 37.3 Å². The van der Waals surface area contributed by atoms with Crippen molar-refractivity contribution in [2.75, 3.05) is 32.2 Å². The molecule has 1 unspecified atom stereocenters. The van der Waals surface area contributed by atoms with Crippen molar-refractivity contribution in [3.05, 3.63) is 70.8 Å². The normalized spacial score (nSPS) is 16.4. The summed E-state index contributed by atoms with van der Waals surface area (Å²) in [4.78, 5) is 4.81. The van der Waals surface area contributed by atoms with Gasteiger partial charge in [0, 0.05) is 36.2 Å². The third-order valence-electron chi connectivity index (χ3n) is 6.71. The van der Waals surface area contributed by atoms with E-state index in [4.69, 9.17) is 21.3 Å². The number of hydrogen-bond donors (Lipinski definition) is 0. The number of nitrogens with zero attached hydrogens (tertiary/aromatic N) is 3. The minimum Gasteiger partial charge on any atom is -0.495 e. The van der Waals surface area contributed by atoms with Crippen molar-refractivity contribution in [3.63, 3.8) is 0 Å². The van der Waals surface area contributed by atoms with Crippen LogP contribution in [0.3, 0.4) is 0 Å². The Morgan fingerprint density at radius 3 is 2.51 bits per heavy atom. The minimum absolute atomic E-state index is 0.272. The van der Waals surface area contributed by atoms with Crippen molar-refractivity contribution < 1.29 is 13.3 Å². The summed E-state index contributed by atoms with van der Waals surface area (Å²) < 4.78 is 35.1. The van der Waals surface area contributed by atoms with Gasteiger partial charge in [-0.3, -0.25) is 4.57 Å². The summed E-state index contributed by atoms with van der Waals surface area (Å²) in [5.74, 6) is 1.82. The summed E-state index contributed by atoms with van der Waals surface area (Å²) in [6, 6.07) is 12.4. The van der Waals surface area contributed by atoms with Gasteiger partial charge in [-0.05, 0) is 60.7 Å². The highest BCUT2D eigenvalue weighted by molar-refractivity contribution is 7.99. The average Bonchev–Trinajstić information content (AvgIpc) is 3.28. The van der Waals surface area contributed by atoms with Crippen LogP contribution in [0.5, 0.6) is 5.75 Å². The Morgan fingerprint density at radius 1 is 1.20 bits per heavy atom. The SMILES string of the molecule is COc1cc(C(C)(C)c2cnc(SCC3CCN(S(C)=O)CC3)n2-c2ccc(F)cc2)ccc1Cl. The van der Waals surface area contributed by atoms with E-state index in [1.54, 1.807) is 37.3 Å². The van der Waals surface area contributed by atoms with Crippen molar-refractivity contribution in [2.24, 2.45) is 5.92 Å². The number of ether oxygens (including phenoxy) is 1. The van der Waals surface area contributed by atoms with Crippen LogP contribution in [0.4, 0.5) is 4.39 Å². The molecule has 0 bridgehead atoms. The molecule has 9 heteroatoms. The van der Waals surface area contributed by atoms with Gasteiger partial charge in [0.15, 0.2) is 5.16 Å². The van der Waals surface area contributed by atoms with Crippen LogP contribution in [-0.2, 0) is 16.4 Å².